The summed E-state index contributed by atoms with van der Waals surface area (Å²) in [4.78, 5) is 2.36. The summed E-state index contributed by atoms with van der Waals surface area (Å²) < 4.78 is 2.39. The minimum Gasteiger partial charge on any atom is -0.310 e. The van der Waals surface area contributed by atoms with Crippen LogP contribution in [-0.4, -0.2) is 4.57 Å². The van der Waals surface area contributed by atoms with E-state index in [1.54, 1.807) is 0 Å². The number of aromatic nitrogens is 1. The fourth-order valence-electron chi connectivity index (χ4n) is 8.33. The molecule has 0 N–H and O–H groups in total. The predicted octanol–water partition coefficient (Wildman–Crippen LogP) is 15.5. The third-order valence-corrected chi connectivity index (χ3v) is 11.3. The van der Waals surface area contributed by atoms with Crippen LogP contribution in [0.3, 0.4) is 0 Å². The molecule has 0 unspecified atom stereocenters. The first-order valence-corrected chi connectivity index (χ1v) is 20.0. The van der Waals surface area contributed by atoms with Gasteiger partial charge in [0.2, 0.25) is 0 Å². The van der Waals surface area contributed by atoms with Crippen molar-refractivity contribution in [2.24, 2.45) is 0 Å². The Kier molecular flexibility index (Phi) is 9.01. The maximum atomic E-state index is 2.39. The van der Waals surface area contributed by atoms with Gasteiger partial charge in [0.05, 0.1) is 11.0 Å². The molecule has 0 amide bonds. The lowest BCUT2D eigenvalue weighted by molar-refractivity contribution is 1.18. The lowest BCUT2D eigenvalue weighted by atomic mass is 10.00. The highest BCUT2D eigenvalue weighted by molar-refractivity contribution is 6.09. The van der Waals surface area contributed by atoms with Crippen molar-refractivity contribution >= 4 is 38.9 Å². The number of nitrogens with zero attached hydrogens (tertiary/aromatic N) is 2. The monoisotopic (exact) mass is 742 g/mol. The van der Waals surface area contributed by atoms with E-state index in [0.717, 1.165) is 22.7 Å². The molecule has 0 aliphatic heterocycles. The topological polar surface area (TPSA) is 8.17 Å². The van der Waals surface area contributed by atoms with Crippen LogP contribution in [0.4, 0.5) is 17.1 Å². The molecule has 0 atom stereocenters. The van der Waals surface area contributed by atoms with Gasteiger partial charge < -0.3 is 9.47 Å². The number of hydrogen-bond acceptors (Lipinski definition) is 1. The smallest absolute Gasteiger partial charge is 0.0541 e. The van der Waals surface area contributed by atoms with E-state index in [0.29, 0.717) is 0 Å². The summed E-state index contributed by atoms with van der Waals surface area (Å²) in [5.74, 6) is 0. The van der Waals surface area contributed by atoms with Crippen molar-refractivity contribution in [3.63, 3.8) is 0 Å². The lowest BCUT2D eigenvalue weighted by Gasteiger charge is -2.26. The lowest BCUT2D eigenvalue weighted by Crippen LogP contribution is -2.10. The van der Waals surface area contributed by atoms with E-state index in [9.17, 15) is 0 Å². The normalized spacial score (nSPS) is 11.3. The van der Waals surface area contributed by atoms with Gasteiger partial charge in [-0.3, -0.25) is 0 Å². The van der Waals surface area contributed by atoms with Crippen LogP contribution in [0.15, 0.2) is 218 Å². The van der Waals surface area contributed by atoms with Crippen LogP contribution >= 0.6 is 0 Å². The Hall–Kier alpha value is -7.42. The molecule has 1 aromatic heterocycles. The molecule has 0 spiro atoms. The average Bonchev–Trinajstić information content (AvgIpc) is 3.60. The molecule has 0 aliphatic rings. The van der Waals surface area contributed by atoms with Crippen molar-refractivity contribution in [2.75, 3.05) is 4.90 Å². The van der Waals surface area contributed by atoms with E-state index in [1.165, 1.54) is 77.4 Å². The fourth-order valence-corrected chi connectivity index (χ4v) is 8.33. The molecule has 276 valence electrons. The third-order valence-electron chi connectivity index (χ3n) is 11.3. The highest BCUT2D eigenvalue weighted by atomic mass is 15.1. The fraction of sp³-hybridized carbons (Fsp3) is 0.0357. The molecular weight excluding hydrogens is 701 g/mol. The SMILES string of the molecule is Cc1ccc2c(c1)c1cc(C)ccc1n2-c1ccc(-c2cccc(N(c3ccc(-c4ccccc4)cc3)c3ccc(-c4ccc(-c5ccccc5)cc4)cc3)c2)cc1. The summed E-state index contributed by atoms with van der Waals surface area (Å²) >= 11 is 0. The molecule has 0 aliphatic carbocycles. The van der Waals surface area contributed by atoms with E-state index in [1.807, 2.05) is 0 Å². The Morgan fingerprint density at radius 1 is 0.293 bits per heavy atom. The first-order chi connectivity index (χ1) is 28.6. The van der Waals surface area contributed by atoms with Gasteiger partial charge in [0.25, 0.3) is 0 Å². The van der Waals surface area contributed by atoms with Crippen molar-refractivity contribution in [1.29, 1.82) is 0 Å². The van der Waals surface area contributed by atoms with E-state index >= 15 is 0 Å². The Morgan fingerprint density at radius 3 is 1.14 bits per heavy atom. The Morgan fingerprint density at radius 2 is 0.672 bits per heavy atom. The van der Waals surface area contributed by atoms with Crippen molar-refractivity contribution in [3.8, 4) is 50.2 Å². The van der Waals surface area contributed by atoms with Gasteiger partial charge in [-0.1, -0.05) is 157 Å². The number of rotatable bonds is 8. The van der Waals surface area contributed by atoms with Crippen LogP contribution in [-0.2, 0) is 0 Å². The van der Waals surface area contributed by atoms with Crippen LogP contribution in [0.5, 0.6) is 0 Å². The highest BCUT2D eigenvalue weighted by Crippen LogP contribution is 2.39. The zero-order chi connectivity index (χ0) is 39.0. The Balaban J connectivity index is 1.00. The molecule has 58 heavy (non-hydrogen) atoms. The molecule has 10 aromatic rings. The van der Waals surface area contributed by atoms with E-state index in [4.69, 9.17) is 0 Å². The van der Waals surface area contributed by atoms with Gasteiger partial charge >= 0.3 is 0 Å². The van der Waals surface area contributed by atoms with Gasteiger partial charge in [-0.25, -0.2) is 0 Å². The molecule has 0 saturated heterocycles. The van der Waals surface area contributed by atoms with Gasteiger partial charge in [0.1, 0.15) is 0 Å². The first-order valence-electron chi connectivity index (χ1n) is 20.0. The zero-order valence-corrected chi connectivity index (χ0v) is 32.7. The van der Waals surface area contributed by atoms with Crippen LogP contribution in [0.25, 0.3) is 72.0 Å². The molecule has 0 bridgehead atoms. The summed E-state index contributed by atoms with van der Waals surface area (Å²) in [5.41, 5.74) is 19.0. The minimum atomic E-state index is 1.10. The van der Waals surface area contributed by atoms with Crippen molar-refractivity contribution in [3.05, 3.63) is 230 Å². The molecular formula is C56H42N2. The molecule has 2 nitrogen and oxygen atoms in total. The second-order valence-electron chi connectivity index (χ2n) is 15.2. The number of anilines is 3. The maximum Gasteiger partial charge on any atom is 0.0541 e. The van der Waals surface area contributed by atoms with Gasteiger partial charge in [-0.15, -0.1) is 0 Å². The van der Waals surface area contributed by atoms with E-state index in [2.05, 4.69) is 242 Å². The summed E-state index contributed by atoms with van der Waals surface area (Å²) in [6.45, 7) is 4.34. The number of hydrogen-bond donors (Lipinski definition) is 0. The van der Waals surface area contributed by atoms with Gasteiger partial charge in [0, 0.05) is 33.5 Å². The summed E-state index contributed by atoms with van der Waals surface area (Å²) in [7, 11) is 0. The van der Waals surface area contributed by atoms with Crippen molar-refractivity contribution in [1.82, 2.24) is 4.57 Å². The van der Waals surface area contributed by atoms with Crippen molar-refractivity contribution < 1.29 is 0 Å². The van der Waals surface area contributed by atoms with Gasteiger partial charge in [-0.05, 0) is 131 Å². The van der Waals surface area contributed by atoms with Crippen LogP contribution in [0.2, 0.25) is 0 Å². The molecule has 9 aromatic carbocycles. The van der Waals surface area contributed by atoms with Gasteiger partial charge in [-0.2, -0.15) is 0 Å². The highest BCUT2D eigenvalue weighted by Gasteiger charge is 2.16. The minimum absolute atomic E-state index is 1.10. The standard InChI is InChI=1S/C56H42N2/c1-39-16-34-55-53(36-39)54-37-40(2)17-35-56(54)58(55)51-32-26-47(27-33-51)48-14-9-15-52(38-48)57(49-28-22-45(23-29-49)42-12-7-4-8-13-42)50-30-24-46(25-31-50)44-20-18-43(19-21-44)41-10-5-3-6-11-41/h3-38H,1-2H3. The van der Waals surface area contributed by atoms with Crippen molar-refractivity contribution in [2.45, 2.75) is 13.8 Å². The summed E-state index contributed by atoms with van der Waals surface area (Å²) in [6, 6.07) is 79.3. The van der Waals surface area contributed by atoms with Crippen LogP contribution < -0.4 is 4.90 Å². The predicted molar refractivity (Wildman–Crippen MR) is 247 cm³/mol. The van der Waals surface area contributed by atoms with Crippen LogP contribution in [0, 0.1) is 13.8 Å². The number of fused-ring (bicyclic) bond motifs is 3. The molecule has 0 radical (unpaired) electrons. The quantitative estimate of drug-likeness (QED) is 0.150. The molecule has 2 heteroatoms. The number of benzene rings is 9. The molecule has 0 fully saturated rings. The molecule has 0 saturated carbocycles. The first kappa shape index (κ1) is 35.0. The van der Waals surface area contributed by atoms with E-state index in [-0.39, 0.29) is 0 Å². The van der Waals surface area contributed by atoms with Crippen LogP contribution in [0.1, 0.15) is 11.1 Å². The van der Waals surface area contributed by atoms with Gasteiger partial charge in [0.15, 0.2) is 0 Å². The zero-order valence-electron chi connectivity index (χ0n) is 32.7. The molecule has 10 rings (SSSR count). The second-order valence-corrected chi connectivity index (χ2v) is 15.2. The summed E-state index contributed by atoms with van der Waals surface area (Å²) in [5, 5.41) is 2.59. The number of aryl methyl sites for hydroxylation is 2. The summed E-state index contributed by atoms with van der Waals surface area (Å²) in [6.07, 6.45) is 0. The molecule has 1 heterocycles. The Labute approximate surface area is 340 Å². The largest absolute Gasteiger partial charge is 0.310 e. The Bertz CT molecular complexity index is 2950. The second kappa shape index (κ2) is 14.9. The third kappa shape index (κ3) is 6.65. The maximum absolute atomic E-state index is 2.39. The van der Waals surface area contributed by atoms with E-state index < -0.39 is 0 Å². The average molecular weight is 743 g/mol.